The summed E-state index contributed by atoms with van der Waals surface area (Å²) in [5, 5.41) is 0. The van der Waals surface area contributed by atoms with Crippen LogP contribution in [0.3, 0.4) is 0 Å². The molecule has 0 spiro atoms. The number of rotatable bonds is 7. The van der Waals surface area contributed by atoms with Crippen LogP contribution in [0.15, 0.2) is 43.0 Å². The summed E-state index contributed by atoms with van der Waals surface area (Å²) in [5.74, 6) is -1.56. The summed E-state index contributed by atoms with van der Waals surface area (Å²) < 4.78 is 5.05. The summed E-state index contributed by atoms with van der Waals surface area (Å²) >= 11 is 6.58. The van der Waals surface area contributed by atoms with Crippen LogP contribution >= 0.6 is 11.6 Å². The van der Waals surface area contributed by atoms with Crippen LogP contribution in [0.1, 0.15) is 25.8 Å². The Labute approximate surface area is 124 Å². The van der Waals surface area contributed by atoms with Gasteiger partial charge in [0.25, 0.3) is 0 Å². The van der Waals surface area contributed by atoms with E-state index in [1.165, 1.54) is 6.92 Å². The molecule has 0 aromatic heterocycles. The zero-order chi connectivity index (χ0) is 15.2. The standard InChI is InChI=1S/C16H19ClO3/c1-4-9-14(15(19)20-5-2)16(17,12(3)18)13-10-7-6-8-11-13/h4,6-8,10-11,14H,1,5,9H2,2-3H3. The SMILES string of the molecule is C=CCC(C(=O)OCC)C(Cl)(C(C)=O)c1ccccc1. The molecule has 108 valence electrons. The molecule has 0 fully saturated rings. The lowest BCUT2D eigenvalue weighted by atomic mass is 9.80. The lowest BCUT2D eigenvalue weighted by molar-refractivity contribution is -0.151. The van der Waals surface area contributed by atoms with Gasteiger partial charge in [-0.05, 0) is 25.8 Å². The number of halogens is 1. The summed E-state index contributed by atoms with van der Waals surface area (Å²) in [6.45, 7) is 6.98. The van der Waals surface area contributed by atoms with Crippen molar-refractivity contribution in [2.45, 2.75) is 25.1 Å². The summed E-state index contributed by atoms with van der Waals surface area (Å²) in [6.07, 6.45) is 1.85. The van der Waals surface area contributed by atoms with Crippen LogP contribution in [-0.2, 0) is 19.2 Å². The summed E-state index contributed by atoms with van der Waals surface area (Å²) in [4.78, 5) is 22.8. The Balaban J connectivity index is 3.30. The molecule has 1 rings (SSSR count). The number of carbonyl (C=O) groups excluding carboxylic acids is 2. The van der Waals surface area contributed by atoms with E-state index in [4.69, 9.17) is 16.3 Å². The first-order valence-electron chi connectivity index (χ1n) is 6.51. The van der Waals surface area contributed by atoms with E-state index in [-0.39, 0.29) is 18.8 Å². The molecule has 0 aliphatic rings. The molecule has 2 atom stereocenters. The number of hydrogen-bond acceptors (Lipinski definition) is 3. The van der Waals surface area contributed by atoms with Crippen LogP contribution in [0.4, 0.5) is 0 Å². The number of carbonyl (C=O) groups is 2. The minimum atomic E-state index is -1.43. The van der Waals surface area contributed by atoms with Crippen LogP contribution in [0, 0.1) is 5.92 Å². The molecule has 3 nitrogen and oxygen atoms in total. The average Bonchev–Trinajstić information content (AvgIpc) is 2.45. The van der Waals surface area contributed by atoms with Gasteiger partial charge in [0.05, 0.1) is 12.5 Å². The molecule has 0 amide bonds. The van der Waals surface area contributed by atoms with Crippen molar-refractivity contribution in [3.05, 3.63) is 48.6 Å². The third-order valence-corrected chi connectivity index (χ3v) is 3.91. The highest BCUT2D eigenvalue weighted by Crippen LogP contribution is 2.40. The topological polar surface area (TPSA) is 43.4 Å². The van der Waals surface area contributed by atoms with Crippen molar-refractivity contribution in [1.29, 1.82) is 0 Å². The molecule has 2 unspecified atom stereocenters. The number of alkyl halides is 1. The van der Waals surface area contributed by atoms with Gasteiger partial charge in [0.2, 0.25) is 0 Å². The normalized spacial score (nSPS) is 14.9. The highest BCUT2D eigenvalue weighted by atomic mass is 35.5. The minimum Gasteiger partial charge on any atom is -0.466 e. The molecule has 20 heavy (non-hydrogen) atoms. The third kappa shape index (κ3) is 3.28. The quantitative estimate of drug-likeness (QED) is 0.439. The Bertz CT molecular complexity index is 484. The summed E-state index contributed by atoms with van der Waals surface area (Å²) in [6, 6.07) is 8.87. The number of allylic oxidation sites excluding steroid dienone is 1. The van der Waals surface area contributed by atoms with E-state index in [2.05, 4.69) is 6.58 Å². The van der Waals surface area contributed by atoms with E-state index in [1.807, 2.05) is 6.07 Å². The molecular weight excluding hydrogens is 276 g/mol. The van der Waals surface area contributed by atoms with Gasteiger partial charge in [0.15, 0.2) is 5.78 Å². The molecule has 0 heterocycles. The molecule has 4 heteroatoms. The molecule has 0 radical (unpaired) electrons. The van der Waals surface area contributed by atoms with Crippen molar-refractivity contribution in [2.75, 3.05) is 6.61 Å². The van der Waals surface area contributed by atoms with Crippen molar-refractivity contribution in [1.82, 2.24) is 0 Å². The van der Waals surface area contributed by atoms with Gasteiger partial charge in [-0.2, -0.15) is 0 Å². The molecule has 1 aromatic rings. The summed E-state index contributed by atoms with van der Waals surface area (Å²) in [7, 11) is 0. The fourth-order valence-corrected chi connectivity index (χ4v) is 2.47. The van der Waals surface area contributed by atoms with Gasteiger partial charge in [-0.3, -0.25) is 9.59 Å². The second kappa shape index (κ2) is 7.25. The lowest BCUT2D eigenvalue weighted by Gasteiger charge is -2.31. The number of benzene rings is 1. The van der Waals surface area contributed by atoms with Crippen molar-refractivity contribution >= 4 is 23.4 Å². The first-order valence-corrected chi connectivity index (χ1v) is 6.89. The maximum Gasteiger partial charge on any atom is 0.311 e. The van der Waals surface area contributed by atoms with Crippen LogP contribution in [0.25, 0.3) is 0 Å². The van der Waals surface area contributed by atoms with Gasteiger partial charge in [0, 0.05) is 0 Å². The van der Waals surface area contributed by atoms with Gasteiger partial charge in [-0.15, -0.1) is 18.2 Å². The Hall–Kier alpha value is -1.61. The molecule has 0 N–H and O–H groups in total. The highest BCUT2D eigenvalue weighted by Gasteiger charge is 2.47. The van der Waals surface area contributed by atoms with Gasteiger partial charge in [-0.25, -0.2) is 0 Å². The lowest BCUT2D eigenvalue weighted by Crippen LogP contribution is -2.41. The van der Waals surface area contributed by atoms with Crippen LogP contribution in [0.2, 0.25) is 0 Å². The van der Waals surface area contributed by atoms with Gasteiger partial charge in [-0.1, -0.05) is 36.4 Å². The third-order valence-electron chi connectivity index (χ3n) is 3.16. The van der Waals surface area contributed by atoms with Crippen molar-refractivity contribution in [3.63, 3.8) is 0 Å². The Morgan fingerprint density at radius 3 is 2.45 bits per heavy atom. The van der Waals surface area contributed by atoms with Crippen molar-refractivity contribution in [2.24, 2.45) is 5.92 Å². The van der Waals surface area contributed by atoms with E-state index in [9.17, 15) is 9.59 Å². The first-order chi connectivity index (χ1) is 9.48. The van der Waals surface area contributed by atoms with E-state index < -0.39 is 16.8 Å². The monoisotopic (exact) mass is 294 g/mol. The van der Waals surface area contributed by atoms with E-state index >= 15 is 0 Å². The summed E-state index contributed by atoms with van der Waals surface area (Å²) in [5.41, 5.74) is 0.592. The van der Waals surface area contributed by atoms with E-state index in [0.717, 1.165) is 0 Å². The Morgan fingerprint density at radius 2 is 2.00 bits per heavy atom. The van der Waals surface area contributed by atoms with Gasteiger partial charge < -0.3 is 4.74 Å². The maximum atomic E-state index is 12.2. The Morgan fingerprint density at radius 1 is 1.40 bits per heavy atom. The maximum absolute atomic E-state index is 12.2. The van der Waals surface area contributed by atoms with Crippen LogP contribution in [-0.4, -0.2) is 18.4 Å². The average molecular weight is 295 g/mol. The predicted octanol–water partition coefficient (Wildman–Crippen LogP) is 3.47. The number of ketones is 1. The molecular formula is C16H19ClO3. The molecule has 0 aliphatic carbocycles. The second-order valence-corrected chi connectivity index (χ2v) is 5.06. The zero-order valence-electron chi connectivity index (χ0n) is 11.8. The van der Waals surface area contributed by atoms with Gasteiger partial charge >= 0.3 is 5.97 Å². The molecule has 0 saturated carbocycles. The van der Waals surface area contributed by atoms with E-state index in [1.54, 1.807) is 37.3 Å². The fourth-order valence-electron chi connectivity index (χ4n) is 2.16. The first kappa shape index (κ1) is 16.4. The van der Waals surface area contributed by atoms with Crippen LogP contribution in [0.5, 0.6) is 0 Å². The largest absolute Gasteiger partial charge is 0.466 e. The number of ether oxygens (including phenoxy) is 1. The molecule has 0 aliphatic heterocycles. The number of hydrogen-bond donors (Lipinski definition) is 0. The molecule has 0 bridgehead atoms. The van der Waals surface area contributed by atoms with Crippen molar-refractivity contribution < 1.29 is 14.3 Å². The fraction of sp³-hybridized carbons (Fsp3) is 0.375. The zero-order valence-corrected chi connectivity index (χ0v) is 12.5. The minimum absolute atomic E-state index is 0.242. The number of Topliss-reactive ketones (excluding diaryl/α,β-unsaturated/α-hetero) is 1. The van der Waals surface area contributed by atoms with E-state index in [0.29, 0.717) is 5.56 Å². The Kier molecular flexibility index (Phi) is 5.96. The number of esters is 1. The molecule has 0 saturated heterocycles. The second-order valence-electron chi connectivity index (χ2n) is 4.46. The van der Waals surface area contributed by atoms with Gasteiger partial charge in [0.1, 0.15) is 4.87 Å². The smallest absolute Gasteiger partial charge is 0.311 e. The predicted molar refractivity (Wildman–Crippen MR) is 79.6 cm³/mol. The van der Waals surface area contributed by atoms with Crippen molar-refractivity contribution in [3.8, 4) is 0 Å². The molecule has 1 aromatic carbocycles. The van der Waals surface area contributed by atoms with Crippen LogP contribution < -0.4 is 0 Å². The highest BCUT2D eigenvalue weighted by molar-refractivity contribution is 6.36.